The summed E-state index contributed by atoms with van der Waals surface area (Å²) in [5.74, 6) is 2.16. The lowest BCUT2D eigenvalue weighted by Gasteiger charge is -2.22. The van der Waals surface area contributed by atoms with Gasteiger partial charge in [-0.1, -0.05) is 70.9 Å². The van der Waals surface area contributed by atoms with Gasteiger partial charge in [0.15, 0.2) is 0 Å². The minimum absolute atomic E-state index is 0.631. The summed E-state index contributed by atoms with van der Waals surface area (Å²) < 4.78 is 0. The van der Waals surface area contributed by atoms with Gasteiger partial charge in [0.1, 0.15) is 0 Å². The monoisotopic (exact) mass is 261 g/mol. The van der Waals surface area contributed by atoms with Crippen LogP contribution in [0.5, 0.6) is 0 Å². The molecule has 0 aliphatic heterocycles. The molecule has 1 heteroatoms. The van der Waals surface area contributed by atoms with Crippen LogP contribution in [-0.4, -0.2) is 13.1 Å². The molecule has 0 aromatic heterocycles. The molecule has 1 atom stereocenters. The van der Waals surface area contributed by atoms with Gasteiger partial charge in [-0.25, -0.2) is 0 Å². The predicted octanol–water partition coefficient (Wildman–Crippen LogP) is 4.84. The SMILES string of the molecule is CC(C)CCCCNCC(c1ccccc1)C(C)C. The molecular formula is C18H31N. The topological polar surface area (TPSA) is 12.0 Å². The summed E-state index contributed by atoms with van der Waals surface area (Å²) in [5, 5.41) is 3.64. The number of unbranched alkanes of at least 4 members (excludes halogenated alkanes) is 1. The van der Waals surface area contributed by atoms with Gasteiger partial charge in [0.05, 0.1) is 0 Å². The summed E-state index contributed by atoms with van der Waals surface area (Å²) >= 11 is 0. The molecule has 1 rings (SSSR count). The van der Waals surface area contributed by atoms with Crippen molar-refractivity contribution in [1.82, 2.24) is 5.32 Å². The molecule has 0 spiro atoms. The molecule has 0 aliphatic carbocycles. The zero-order chi connectivity index (χ0) is 14.1. The van der Waals surface area contributed by atoms with Crippen molar-refractivity contribution in [3.05, 3.63) is 35.9 Å². The molecule has 1 nitrogen and oxygen atoms in total. The molecular weight excluding hydrogens is 230 g/mol. The van der Waals surface area contributed by atoms with Crippen molar-refractivity contribution in [2.75, 3.05) is 13.1 Å². The van der Waals surface area contributed by atoms with E-state index < -0.39 is 0 Å². The van der Waals surface area contributed by atoms with Crippen molar-refractivity contribution >= 4 is 0 Å². The second-order valence-electron chi connectivity index (χ2n) is 6.35. The third-order valence-corrected chi connectivity index (χ3v) is 3.78. The number of hydrogen-bond acceptors (Lipinski definition) is 1. The standard InChI is InChI=1S/C18H31N/c1-15(2)10-8-9-13-19-14-18(16(3)4)17-11-6-5-7-12-17/h5-7,11-12,15-16,18-19H,8-10,13-14H2,1-4H3. The first-order valence-electron chi connectivity index (χ1n) is 7.87. The van der Waals surface area contributed by atoms with Gasteiger partial charge in [-0.05, 0) is 36.3 Å². The molecule has 0 bridgehead atoms. The Balaban J connectivity index is 2.28. The Hall–Kier alpha value is -0.820. The lowest BCUT2D eigenvalue weighted by Crippen LogP contribution is -2.25. The number of benzene rings is 1. The molecule has 0 radical (unpaired) electrons. The predicted molar refractivity (Wildman–Crippen MR) is 85.6 cm³/mol. The van der Waals surface area contributed by atoms with Crippen molar-refractivity contribution < 1.29 is 0 Å². The average Bonchev–Trinajstić information content (AvgIpc) is 2.38. The van der Waals surface area contributed by atoms with Crippen LogP contribution in [0.2, 0.25) is 0 Å². The maximum Gasteiger partial charge on any atom is 0.00226 e. The van der Waals surface area contributed by atoms with E-state index in [0.29, 0.717) is 11.8 Å². The Kier molecular flexibility index (Phi) is 7.81. The van der Waals surface area contributed by atoms with Gasteiger partial charge in [0.25, 0.3) is 0 Å². The molecule has 0 amide bonds. The van der Waals surface area contributed by atoms with Gasteiger partial charge in [-0.15, -0.1) is 0 Å². The van der Waals surface area contributed by atoms with E-state index in [4.69, 9.17) is 0 Å². The maximum absolute atomic E-state index is 3.64. The summed E-state index contributed by atoms with van der Waals surface area (Å²) in [6, 6.07) is 10.9. The minimum atomic E-state index is 0.631. The highest BCUT2D eigenvalue weighted by Crippen LogP contribution is 2.23. The molecule has 1 aromatic carbocycles. The fourth-order valence-corrected chi connectivity index (χ4v) is 2.50. The number of nitrogens with one attached hydrogen (secondary N) is 1. The molecule has 1 N–H and O–H groups in total. The third kappa shape index (κ3) is 6.77. The largest absolute Gasteiger partial charge is 0.316 e. The van der Waals surface area contributed by atoms with E-state index in [1.165, 1.54) is 24.8 Å². The van der Waals surface area contributed by atoms with Crippen LogP contribution in [0.25, 0.3) is 0 Å². The van der Waals surface area contributed by atoms with E-state index in [-0.39, 0.29) is 0 Å². The van der Waals surface area contributed by atoms with Crippen LogP contribution in [0.15, 0.2) is 30.3 Å². The Bertz CT molecular complexity index is 316. The molecule has 0 aliphatic rings. The number of rotatable bonds is 9. The Morgan fingerprint density at radius 1 is 0.947 bits per heavy atom. The molecule has 0 heterocycles. The molecule has 19 heavy (non-hydrogen) atoms. The van der Waals surface area contributed by atoms with Gasteiger partial charge in [0.2, 0.25) is 0 Å². The average molecular weight is 261 g/mol. The van der Waals surface area contributed by atoms with Crippen molar-refractivity contribution in [3.63, 3.8) is 0 Å². The Morgan fingerprint density at radius 3 is 2.21 bits per heavy atom. The van der Waals surface area contributed by atoms with Crippen LogP contribution >= 0.6 is 0 Å². The Morgan fingerprint density at radius 2 is 1.63 bits per heavy atom. The first-order chi connectivity index (χ1) is 9.11. The van der Waals surface area contributed by atoms with Crippen molar-refractivity contribution in [3.8, 4) is 0 Å². The van der Waals surface area contributed by atoms with Crippen LogP contribution in [0.1, 0.15) is 58.4 Å². The summed E-state index contributed by atoms with van der Waals surface area (Å²) in [6.07, 6.45) is 4.01. The highest BCUT2D eigenvalue weighted by molar-refractivity contribution is 5.20. The van der Waals surface area contributed by atoms with Gasteiger partial charge >= 0.3 is 0 Å². The van der Waals surface area contributed by atoms with E-state index in [9.17, 15) is 0 Å². The minimum Gasteiger partial charge on any atom is -0.316 e. The summed E-state index contributed by atoms with van der Waals surface area (Å²) in [4.78, 5) is 0. The second-order valence-corrected chi connectivity index (χ2v) is 6.35. The van der Waals surface area contributed by atoms with Crippen molar-refractivity contribution in [2.45, 2.75) is 52.9 Å². The maximum atomic E-state index is 3.64. The zero-order valence-electron chi connectivity index (χ0n) is 13.2. The summed E-state index contributed by atoms with van der Waals surface area (Å²) in [5.41, 5.74) is 1.46. The fraction of sp³-hybridized carbons (Fsp3) is 0.667. The van der Waals surface area contributed by atoms with E-state index in [1.807, 2.05) is 0 Å². The second kappa shape index (κ2) is 9.14. The Labute approximate surface area is 119 Å². The van der Waals surface area contributed by atoms with Crippen molar-refractivity contribution in [2.24, 2.45) is 11.8 Å². The van der Waals surface area contributed by atoms with E-state index in [0.717, 1.165) is 19.0 Å². The van der Waals surface area contributed by atoms with Crippen molar-refractivity contribution in [1.29, 1.82) is 0 Å². The summed E-state index contributed by atoms with van der Waals surface area (Å²) in [6.45, 7) is 11.5. The zero-order valence-corrected chi connectivity index (χ0v) is 13.2. The van der Waals surface area contributed by atoms with Gasteiger partial charge in [-0.2, -0.15) is 0 Å². The van der Waals surface area contributed by atoms with Crippen LogP contribution in [0.3, 0.4) is 0 Å². The smallest absolute Gasteiger partial charge is 0.00226 e. The van der Waals surface area contributed by atoms with E-state index in [2.05, 4.69) is 63.3 Å². The lowest BCUT2D eigenvalue weighted by atomic mass is 9.88. The van der Waals surface area contributed by atoms with Gasteiger partial charge in [-0.3, -0.25) is 0 Å². The first kappa shape index (κ1) is 16.2. The highest BCUT2D eigenvalue weighted by atomic mass is 14.9. The molecule has 0 saturated heterocycles. The van der Waals surface area contributed by atoms with Crippen LogP contribution < -0.4 is 5.32 Å². The normalized spacial score (nSPS) is 13.2. The third-order valence-electron chi connectivity index (χ3n) is 3.78. The molecule has 0 fully saturated rings. The van der Waals surface area contributed by atoms with Crippen LogP contribution in [-0.2, 0) is 0 Å². The lowest BCUT2D eigenvalue weighted by molar-refractivity contribution is 0.450. The fourth-order valence-electron chi connectivity index (χ4n) is 2.50. The molecule has 1 unspecified atom stereocenters. The quantitative estimate of drug-likeness (QED) is 0.627. The van der Waals surface area contributed by atoms with Crippen LogP contribution in [0, 0.1) is 11.8 Å². The van der Waals surface area contributed by atoms with Gasteiger partial charge < -0.3 is 5.32 Å². The number of hydrogen-bond donors (Lipinski definition) is 1. The van der Waals surface area contributed by atoms with Gasteiger partial charge in [0, 0.05) is 6.54 Å². The summed E-state index contributed by atoms with van der Waals surface area (Å²) in [7, 11) is 0. The van der Waals surface area contributed by atoms with Crippen LogP contribution in [0.4, 0.5) is 0 Å². The first-order valence-corrected chi connectivity index (χ1v) is 7.87. The van der Waals surface area contributed by atoms with E-state index >= 15 is 0 Å². The molecule has 1 aromatic rings. The van der Waals surface area contributed by atoms with E-state index in [1.54, 1.807) is 0 Å². The molecule has 108 valence electrons. The molecule has 0 saturated carbocycles. The highest BCUT2D eigenvalue weighted by Gasteiger charge is 2.14.